The van der Waals surface area contributed by atoms with Crippen LogP contribution in [0.4, 0.5) is 0 Å². The summed E-state index contributed by atoms with van der Waals surface area (Å²) >= 11 is 0. The fraction of sp³-hybridized carbons (Fsp3) is 0.500. The van der Waals surface area contributed by atoms with E-state index in [0.717, 1.165) is 5.56 Å². The van der Waals surface area contributed by atoms with E-state index in [1.807, 2.05) is 25.1 Å². The van der Waals surface area contributed by atoms with E-state index in [4.69, 9.17) is 4.74 Å². The molecule has 1 N–H and O–H groups in total. The van der Waals surface area contributed by atoms with E-state index in [1.165, 1.54) is 0 Å². The number of para-hydroxylation sites is 1. The Kier molecular flexibility index (Phi) is 3.96. The Balaban J connectivity index is 2.93. The molecule has 0 radical (unpaired) electrons. The van der Waals surface area contributed by atoms with Crippen LogP contribution in [-0.2, 0) is 4.74 Å². The molecular weight excluding hydrogens is 176 g/mol. The molecule has 0 aliphatic carbocycles. The van der Waals surface area contributed by atoms with Crippen LogP contribution < -0.4 is 0 Å². The Morgan fingerprint density at radius 1 is 1.29 bits per heavy atom. The molecule has 2 nitrogen and oxygen atoms in total. The van der Waals surface area contributed by atoms with Gasteiger partial charge in [0.25, 0.3) is 0 Å². The van der Waals surface area contributed by atoms with E-state index in [0.29, 0.717) is 18.3 Å². The Bertz CT molecular complexity index is 281. The molecule has 0 aliphatic heterocycles. The van der Waals surface area contributed by atoms with Crippen LogP contribution in [0.15, 0.2) is 24.3 Å². The average Bonchev–Trinajstić information content (AvgIpc) is 2.15. The van der Waals surface area contributed by atoms with Crippen molar-refractivity contribution in [2.45, 2.75) is 26.9 Å². The van der Waals surface area contributed by atoms with Crippen molar-refractivity contribution in [2.75, 3.05) is 6.61 Å². The van der Waals surface area contributed by atoms with Gasteiger partial charge >= 0.3 is 0 Å². The molecule has 0 heterocycles. The zero-order valence-electron chi connectivity index (χ0n) is 9.03. The maximum Gasteiger partial charge on any atom is 0.121 e. The van der Waals surface area contributed by atoms with Crippen LogP contribution >= 0.6 is 0 Å². The Morgan fingerprint density at radius 3 is 2.43 bits per heavy atom. The van der Waals surface area contributed by atoms with Gasteiger partial charge in [-0.15, -0.1) is 0 Å². The molecule has 78 valence electrons. The normalized spacial score (nSPS) is 13.1. The van der Waals surface area contributed by atoms with Crippen molar-refractivity contribution in [3.05, 3.63) is 29.8 Å². The lowest BCUT2D eigenvalue weighted by atomic mass is 9.98. The Labute approximate surface area is 85.5 Å². The molecule has 1 rings (SSSR count). The summed E-state index contributed by atoms with van der Waals surface area (Å²) in [6, 6.07) is 7.35. The van der Waals surface area contributed by atoms with Gasteiger partial charge in [-0.1, -0.05) is 32.0 Å². The summed E-state index contributed by atoms with van der Waals surface area (Å²) in [5.41, 5.74) is 0.879. The van der Waals surface area contributed by atoms with Crippen LogP contribution in [0.25, 0.3) is 0 Å². The summed E-state index contributed by atoms with van der Waals surface area (Å²) in [6.07, 6.45) is -0.0128. The fourth-order valence-corrected chi connectivity index (χ4v) is 1.55. The summed E-state index contributed by atoms with van der Waals surface area (Å²) in [5, 5.41) is 9.68. The highest BCUT2D eigenvalue weighted by Crippen LogP contribution is 2.31. The van der Waals surface area contributed by atoms with E-state index >= 15 is 0 Å². The van der Waals surface area contributed by atoms with Gasteiger partial charge in [-0.2, -0.15) is 0 Å². The lowest BCUT2D eigenvalue weighted by Gasteiger charge is -2.21. The second-order valence-corrected chi connectivity index (χ2v) is 3.68. The molecule has 1 atom stereocenters. The molecule has 14 heavy (non-hydrogen) atoms. The first-order chi connectivity index (χ1) is 6.66. The van der Waals surface area contributed by atoms with Crippen molar-refractivity contribution in [1.29, 1.82) is 0 Å². The van der Waals surface area contributed by atoms with Crippen LogP contribution in [-0.4, -0.2) is 11.7 Å². The summed E-state index contributed by atoms with van der Waals surface area (Å²) in [7, 11) is 0. The number of phenolic OH excluding ortho intramolecular Hbond substituents is 1. The molecule has 0 saturated carbocycles. The monoisotopic (exact) mass is 194 g/mol. The summed E-state index contributed by atoms with van der Waals surface area (Å²) in [5.74, 6) is 0.683. The van der Waals surface area contributed by atoms with E-state index in [2.05, 4.69) is 13.8 Å². The van der Waals surface area contributed by atoms with Gasteiger partial charge in [0.15, 0.2) is 0 Å². The molecular formula is C12H18O2. The van der Waals surface area contributed by atoms with Gasteiger partial charge in [0.05, 0.1) is 6.10 Å². The molecule has 0 aliphatic rings. The lowest BCUT2D eigenvalue weighted by Crippen LogP contribution is -2.11. The minimum absolute atomic E-state index is 0.0128. The molecule has 0 spiro atoms. The first-order valence-corrected chi connectivity index (χ1v) is 5.06. The summed E-state index contributed by atoms with van der Waals surface area (Å²) < 4.78 is 5.61. The number of ether oxygens (including phenoxy) is 1. The largest absolute Gasteiger partial charge is 0.508 e. The van der Waals surface area contributed by atoms with Gasteiger partial charge < -0.3 is 9.84 Å². The molecule has 1 aromatic carbocycles. The van der Waals surface area contributed by atoms with Gasteiger partial charge in [-0.25, -0.2) is 0 Å². The maximum atomic E-state index is 9.68. The minimum atomic E-state index is -0.0128. The number of hydrogen-bond acceptors (Lipinski definition) is 2. The Morgan fingerprint density at radius 2 is 1.93 bits per heavy atom. The number of aromatic hydroxyl groups is 1. The molecule has 0 aromatic heterocycles. The standard InChI is InChI=1S/C12H18O2/c1-4-14-12(9(2)3)10-7-5-6-8-11(10)13/h5-9,12-13H,4H2,1-3H3. The average molecular weight is 194 g/mol. The third-order valence-electron chi connectivity index (χ3n) is 2.20. The summed E-state index contributed by atoms with van der Waals surface area (Å²) in [4.78, 5) is 0. The zero-order valence-corrected chi connectivity index (χ0v) is 9.03. The number of benzene rings is 1. The van der Waals surface area contributed by atoms with Gasteiger partial charge in [-0.3, -0.25) is 0 Å². The van der Waals surface area contributed by atoms with Crippen molar-refractivity contribution in [1.82, 2.24) is 0 Å². The quantitative estimate of drug-likeness (QED) is 0.798. The van der Waals surface area contributed by atoms with E-state index in [-0.39, 0.29) is 6.10 Å². The van der Waals surface area contributed by atoms with Crippen LogP contribution in [0.2, 0.25) is 0 Å². The fourth-order valence-electron chi connectivity index (χ4n) is 1.55. The van der Waals surface area contributed by atoms with E-state index < -0.39 is 0 Å². The third kappa shape index (κ3) is 2.48. The van der Waals surface area contributed by atoms with Crippen molar-refractivity contribution in [3.8, 4) is 5.75 Å². The van der Waals surface area contributed by atoms with Crippen molar-refractivity contribution in [3.63, 3.8) is 0 Å². The smallest absolute Gasteiger partial charge is 0.121 e. The molecule has 0 bridgehead atoms. The molecule has 1 aromatic rings. The highest BCUT2D eigenvalue weighted by Gasteiger charge is 2.18. The number of rotatable bonds is 4. The zero-order chi connectivity index (χ0) is 10.6. The van der Waals surface area contributed by atoms with Crippen LogP contribution in [0.5, 0.6) is 5.75 Å². The second kappa shape index (κ2) is 5.01. The predicted octanol–water partition coefficient (Wildman–Crippen LogP) is 3.13. The SMILES string of the molecule is CCOC(c1ccccc1O)C(C)C. The van der Waals surface area contributed by atoms with Crippen LogP contribution in [0.1, 0.15) is 32.4 Å². The number of hydrogen-bond donors (Lipinski definition) is 1. The maximum absolute atomic E-state index is 9.68. The second-order valence-electron chi connectivity index (χ2n) is 3.68. The van der Waals surface area contributed by atoms with Gasteiger partial charge in [0.2, 0.25) is 0 Å². The topological polar surface area (TPSA) is 29.5 Å². The minimum Gasteiger partial charge on any atom is -0.508 e. The van der Waals surface area contributed by atoms with Gasteiger partial charge in [-0.05, 0) is 18.9 Å². The highest BCUT2D eigenvalue weighted by molar-refractivity contribution is 5.33. The Hall–Kier alpha value is -1.02. The summed E-state index contributed by atoms with van der Waals surface area (Å²) in [6.45, 7) is 6.81. The van der Waals surface area contributed by atoms with Crippen molar-refractivity contribution < 1.29 is 9.84 Å². The van der Waals surface area contributed by atoms with Crippen LogP contribution in [0.3, 0.4) is 0 Å². The lowest BCUT2D eigenvalue weighted by molar-refractivity contribution is 0.0279. The molecule has 0 saturated heterocycles. The molecule has 0 amide bonds. The van der Waals surface area contributed by atoms with Crippen molar-refractivity contribution in [2.24, 2.45) is 5.92 Å². The predicted molar refractivity (Wildman–Crippen MR) is 57.3 cm³/mol. The molecule has 2 heteroatoms. The van der Waals surface area contributed by atoms with E-state index in [1.54, 1.807) is 6.07 Å². The van der Waals surface area contributed by atoms with Crippen molar-refractivity contribution >= 4 is 0 Å². The molecule has 1 unspecified atom stereocenters. The van der Waals surface area contributed by atoms with Gasteiger partial charge in [0.1, 0.15) is 5.75 Å². The van der Waals surface area contributed by atoms with Crippen LogP contribution in [0, 0.1) is 5.92 Å². The highest BCUT2D eigenvalue weighted by atomic mass is 16.5. The number of phenols is 1. The van der Waals surface area contributed by atoms with E-state index in [9.17, 15) is 5.11 Å². The first kappa shape index (κ1) is 11.1. The first-order valence-electron chi connectivity index (χ1n) is 5.06. The third-order valence-corrected chi connectivity index (χ3v) is 2.20. The molecule has 0 fully saturated rings. The van der Waals surface area contributed by atoms with Gasteiger partial charge in [0, 0.05) is 12.2 Å².